The van der Waals surface area contributed by atoms with E-state index in [1.54, 1.807) is 24.3 Å². The van der Waals surface area contributed by atoms with Crippen LogP contribution in [-0.2, 0) is 16.6 Å². The van der Waals surface area contributed by atoms with Crippen molar-refractivity contribution in [1.82, 2.24) is 4.57 Å². The second-order valence-corrected chi connectivity index (χ2v) is 10.9. The third kappa shape index (κ3) is 4.69. The van der Waals surface area contributed by atoms with Crippen LogP contribution in [0.15, 0.2) is 102 Å². The summed E-state index contributed by atoms with van der Waals surface area (Å²) in [5, 5.41) is 13.4. The van der Waals surface area contributed by atoms with Crippen molar-refractivity contribution < 1.29 is 18.3 Å². The van der Waals surface area contributed by atoms with E-state index < -0.39 is 22.0 Å². The number of benzene rings is 4. The molecular weight excluding hydrogens is 486 g/mol. The molecule has 5 aromatic rings. The number of amides is 1. The van der Waals surface area contributed by atoms with Crippen LogP contribution in [0.1, 0.15) is 15.9 Å². The Bertz CT molecular complexity index is 1660. The Kier molecular flexibility index (Phi) is 6.45. The molecule has 0 unspecified atom stereocenters. The Morgan fingerprint density at radius 2 is 1.49 bits per heavy atom. The van der Waals surface area contributed by atoms with Gasteiger partial charge in [0.2, 0.25) is 5.91 Å². The highest BCUT2D eigenvalue weighted by atomic mass is 32.2. The summed E-state index contributed by atoms with van der Waals surface area (Å²) in [6.45, 7) is 1.82. The van der Waals surface area contributed by atoms with Crippen LogP contribution in [-0.4, -0.2) is 36.6 Å². The summed E-state index contributed by atoms with van der Waals surface area (Å²) in [4.78, 5) is 11.9. The van der Waals surface area contributed by atoms with Gasteiger partial charge in [-0.25, -0.2) is 8.42 Å². The largest absolute Gasteiger partial charge is 0.389 e. The number of hydrogen-bond donors (Lipinski definition) is 2. The highest BCUT2D eigenvalue weighted by Gasteiger charge is 2.28. The molecule has 3 N–H and O–H groups in total. The standard InChI is InChI=1S/C29H27N3O4S/c1-20-13-15-24(16-14-20)37(35,36)32(22-8-6-7-21(17-22)29(30)34)19-23(33)18-31-27-11-4-2-9-25(27)26-10-3-5-12-28(26)31/h2-17,23,33H,18-19H2,1H3,(H2,30,34)/t23-/m0/s1. The fourth-order valence-corrected chi connectivity index (χ4v) is 6.15. The van der Waals surface area contributed by atoms with Gasteiger partial charge in [-0.05, 0) is 49.4 Å². The Morgan fingerprint density at radius 3 is 2.08 bits per heavy atom. The van der Waals surface area contributed by atoms with Gasteiger partial charge in [0.15, 0.2) is 0 Å². The summed E-state index contributed by atoms with van der Waals surface area (Å²) in [6, 6.07) is 28.5. The minimum Gasteiger partial charge on any atom is -0.389 e. The van der Waals surface area contributed by atoms with Crippen molar-refractivity contribution in [1.29, 1.82) is 0 Å². The van der Waals surface area contributed by atoms with Crippen LogP contribution < -0.4 is 10.0 Å². The molecule has 1 atom stereocenters. The topological polar surface area (TPSA) is 106 Å². The van der Waals surface area contributed by atoms with Crippen molar-refractivity contribution in [2.24, 2.45) is 5.73 Å². The summed E-state index contributed by atoms with van der Waals surface area (Å²) < 4.78 is 30.7. The number of sulfonamides is 1. The van der Waals surface area contributed by atoms with E-state index in [-0.39, 0.29) is 29.2 Å². The van der Waals surface area contributed by atoms with Gasteiger partial charge in [0.1, 0.15) is 0 Å². The molecule has 1 heterocycles. The van der Waals surface area contributed by atoms with Gasteiger partial charge in [-0.2, -0.15) is 0 Å². The fourth-order valence-electron chi connectivity index (χ4n) is 4.65. The third-order valence-corrected chi connectivity index (χ3v) is 8.29. The highest BCUT2D eigenvalue weighted by molar-refractivity contribution is 7.92. The lowest BCUT2D eigenvalue weighted by molar-refractivity contribution is 0.100. The number of aliphatic hydroxyl groups is 1. The highest BCUT2D eigenvalue weighted by Crippen LogP contribution is 2.30. The van der Waals surface area contributed by atoms with Crippen LogP contribution in [0.5, 0.6) is 0 Å². The summed E-state index contributed by atoms with van der Waals surface area (Å²) in [7, 11) is -4.06. The molecule has 0 fully saturated rings. The number of rotatable bonds is 8. The molecule has 37 heavy (non-hydrogen) atoms. The number of carbonyl (C=O) groups is 1. The van der Waals surface area contributed by atoms with E-state index in [4.69, 9.17) is 5.73 Å². The van der Waals surface area contributed by atoms with E-state index in [0.717, 1.165) is 31.7 Å². The molecule has 0 aliphatic heterocycles. The number of primary amides is 1. The second kappa shape index (κ2) is 9.72. The number of anilines is 1. The number of para-hydroxylation sites is 2. The van der Waals surface area contributed by atoms with E-state index in [2.05, 4.69) is 0 Å². The van der Waals surface area contributed by atoms with Gasteiger partial charge >= 0.3 is 0 Å². The molecule has 1 aromatic heterocycles. The number of fused-ring (bicyclic) bond motifs is 3. The molecular formula is C29H27N3O4S. The van der Waals surface area contributed by atoms with Crippen molar-refractivity contribution >= 4 is 43.4 Å². The molecule has 0 aliphatic rings. The molecule has 0 radical (unpaired) electrons. The van der Waals surface area contributed by atoms with Crippen LogP contribution in [0, 0.1) is 6.92 Å². The van der Waals surface area contributed by atoms with Gasteiger partial charge in [-0.3, -0.25) is 9.10 Å². The molecule has 0 spiro atoms. The summed E-state index contributed by atoms with van der Waals surface area (Å²) in [6.07, 6.45) is -1.06. The third-order valence-electron chi connectivity index (χ3n) is 6.48. The number of aromatic nitrogens is 1. The lowest BCUT2D eigenvalue weighted by atomic mass is 10.2. The number of aryl methyl sites for hydroxylation is 1. The zero-order valence-corrected chi connectivity index (χ0v) is 21.1. The van der Waals surface area contributed by atoms with Crippen molar-refractivity contribution in [3.63, 3.8) is 0 Å². The molecule has 0 bridgehead atoms. The smallest absolute Gasteiger partial charge is 0.264 e. The zero-order chi connectivity index (χ0) is 26.2. The van der Waals surface area contributed by atoms with Crippen molar-refractivity contribution in [3.05, 3.63) is 108 Å². The molecule has 188 valence electrons. The van der Waals surface area contributed by atoms with Crippen molar-refractivity contribution in [3.8, 4) is 0 Å². The summed E-state index contributed by atoms with van der Waals surface area (Å²) in [5.74, 6) is -0.666. The number of aliphatic hydroxyl groups excluding tert-OH is 1. The lowest BCUT2D eigenvalue weighted by Crippen LogP contribution is -2.39. The van der Waals surface area contributed by atoms with Gasteiger partial charge in [-0.1, -0.05) is 60.2 Å². The average Bonchev–Trinajstić information content (AvgIpc) is 3.21. The minimum absolute atomic E-state index is 0.0895. The molecule has 5 rings (SSSR count). The first-order valence-corrected chi connectivity index (χ1v) is 13.3. The Morgan fingerprint density at radius 1 is 0.892 bits per heavy atom. The van der Waals surface area contributed by atoms with Crippen LogP contribution in [0.25, 0.3) is 21.8 Å². The summed E-state index contributed by atoms with van der Waals surface area (Å²) in [5.41, 5.74) is 8.71. The van der Waals surface area contributed by atoms with Crippen molar-refractivity contribution in [2.45, 2.75) is 24.5 Å². The molecule has 0 saturated carbocycles. The Labute approximate surface area is 215 Å². The summed E-state index contributed by atoms with van der Waals surface area (Å²) >= 11 is 0. The van der Waals surface area contributed by atoms with Gasteiger partial charge in [0, 0.05) is 27.4 Å². The molecule has 8 heteroatoms. The Balaban J connectivity index is 1.55. The van der Waals surface area contributed by atoms with Crippen LogP contribution >= 0.6 is 0 Å². The molecule has 7 nitrogen and oxygen atoms in total. The van der Waals surface area contributed by atoms with Gasteiger partial charge < -0.3 is 15.4 Å². The average molecular weight is 514 g/mol. The molecule has 1 amide bonds. The first-order valence-electron chi connectivity index (χ1n) is 11.9. The normalized spacial score (nSPS) is 12.6. The van der Waals surface area contributed by atoms with Crippen LogP contribution in [0.3, 0.4) is 0 Å². The first kappa shape index (κ1) is 24.5. The van der Waals surface area contributed by atoms with E-state index in [1.807, 2.05) is 60.0 Å². The fraction of sp³-hybridized carbons (Fsp3) is 0.138. The predicted octanol–water partition coefficient (Wildman–Crippen LogP) is 4.46. The molecule has 0 aliphatic carbocycles. The van der Waals surface area contributed by atoms with Crippen LogP contribution in [0.4, 0.5) is 5.69 Å². The van der Waals surface area contributed by atoms with E-state index in [0.29, 0.717) is 0 Å². The quantitative estimate of drug-likeness (QED) is 0.320. The van der Waals surface area contributed by atoms with E-state index in [9.17, 15) is 18.3 Å². The second-order valence-electron chi connectivity index (χ2n) is 9.06. The number of nitrogens with two attached hydrogens (primary N) is 1. The monoisotopic (exact) mass is 513 g/mol. The predicted molar refractivity (Wildman–Crippen MR) is 146 cm³/mol. The molecule has 4 aromatic carbocycles. The maximum absolute atomic E-state index is 13.8. The minimum atomic E-state index is -4.06. The van der Waals surface area contributed by atoms with Crippen molar-refractivity contribution in [2.75, 3.05) is 10.8 Å². The first-order chi connectivity index (χ1) is 17.8. The Hall–Kier alpha value is -4.14. The SMILES string of the molecule is Cc1ccc(S(=O)(=O)N(C[C@@H](O)Cn2c3ccccc3c3ccccc32)c2cccc(C(N)=O)c2)cc1. The van der Waals surface area contributed by atoms with Gasteiger partial charge in [0.25, 0.3) is 10.0 Å². The zero-order valence-electron chi connectivity index (χ0n) is 20.3. The molecule has 0 saturated heterocycles. The number of carbonyl (C=O) groups excluding carboxylic acids is 1. The van der Waals surface area contributed by atoms with Gasteiger partial charge in [-0.15, -0.1) is 0 Å². The maximum Gasteiger partial charge on any atom is 0.264 e. The maximum atomic E-state index is 13.8. The van der Waals surface area contributed by atoms with Crippen LogP contribution in [0.2, 0.25) is 0 Å². The van der Waals surface area contributed by atoms with E-state index >= 15 is 0 Å². The lowest BCUT2D eigenvalue weighted by Gasteiger charge is -2.27. The number of nitrogens with zero attached hydrogens (tertiary/aromatic N) is 2. The van der Waals surface area contributed by atoms with E-state index in [1.165, 1.54) is 24.3 Å². The number of hydrogen-bond acceptors (Lipinski definition) is 4. The van der Waals surface area contributed by atoms with Gasteiger partial charge in [0.05, 0.1) is 29.8 Å².